The molecule has 2 atom stereocenters. The van der Waals surface area contributed by atoms with Crippen molar-refractivity contribution in [1.82, 2.24) is 0 Å². The molecule has 0 amide bonds. The molecular weight excluding hydrogens is 335 g/mol. The van der Waals surface area contributed by atoms with Crippen LogP contribution in [0.15, 0.2) is 48.5 Å². The summed E-state index contributed by atoms with van der Waals surface area (Å²) in [6, 6.07) is 10.9. The summed E-state index contributed by atoms with van der Waals surface area (Å²) in [6.07, 6.45) is 0.133. The van der Waals surface area contributed by atoms with Crippen molar-refractivity contribution in [3.05, 3.63) is 54.1 Å². The van der Waals surface area contributed by atoms with Gasteiger partial charge in [-0.25, -0.2) is 4.57 Å². The van der Waals surface area contributed by atoms with Crippen molar-refractivity contribution in [2.24, 2.45) is 5.73 Å². The van der Waals surface area contributed by atoms with E-state index in [-0.39, 0.29) is 17.9 Å². The maximum absolute atomic E-state index is 12.0. The van der Waals surface area contributed by atoms with Crippen molar-refractivity contribution < 1.29 is 28.4 Å². The zero-order chi connectivity index (χ0) is 17.7. The summed E-state index contributed by atoms with van der Waals surface area (Å²) in [5.41, 5.74) is 12.1. The largest absolute Gasteiger partial charge is 0.584 e. The Morgan fingerprint density at radius 2 is 1.50 bits per heavy atom. The molecule has 0 fully saturated rings. The zero-order valence-electron chi connectivity index (χ0n) is 12.5. The number of benzene rings is 2. The maximum atomic E-state index is 12.0. The number of nitrogen functional groups attached to an aromatic ring is 1. The van der Waals surface area contributed by atoms with E-state index in [9.17, 15) is 14.3 Å². The Morgan fingerprint density at radius 3 is 1.96 bits per heavy atom. The lowest BCUT2D eigenvalue weighted by atomic mass is 10.1. The van der Waals surface area contributed by atoms with Crippen LogP contribution in [-0.4, -0.2) is 22.0 Å². The topological polar surface area (TPSA) is 145 Å². The van der Waals surface area contributed by atoms with E-state index >= 15 is 0 Å². The number of carbonyl (C=O) groups is 1. The molecule has 24 heavy (non-hydrogen) atoms. The molecule has 0 aliphatic carbocycles. The van der Waals surface area contributed by atoms with Crippen LogP contribution >= 0.6 is 7.82 Å². The minimum absolute atomic E-state index is 0.101. The molecule has 0 heterocycles. The molecule has 9 heteroatoms. The second-order valence-electron chi connectivity index (χ2n) is 5.01. The normalized spacial score (nSPS) is 14.4. The van der Waals surface area contributed by atoms with Gasteiger partial charge in [0.1, 0.15) is 17.5 Å². The first-order chi connectivity index (χ1) is 11.2. The van der Waals surface area contributed by atoms with Crippen LogP contribution in [-0.2, 0) is 15.8 Å². The summed E-state index contributed by atoms with van der Waals surface area (Å²) in [6.45, 7) is 0. The SMILES string of the molecule is Nc1ccc(OP(=O)(O)Oc2ccc(C[C@H](N)C(=O)O)cc2)cc1. The molecule has 0 bridgehead atoms. The minimum Gasteiger partial charge on any atom is -0.480 e. The molecule has 6 N–H and O–H groups in total. The number of carboxylic acid groups (broad SMARTS) is 1. The van der Waals surface area contributed by atoms with Crippen LogP contribution in [0.3, 0.4) is 0 Å². The molecule has 0 spiro atoms. The third kappa shape index (κ3) is 5.27. The van der Waals surface area contributed by atoms with Crippen LogP contribution in [0.1, 0.15) is 5.56 Å². The highest BCUT2D eigenvalue weighted by atomic mass is 31.2. The highest BCUT2D eigenvalue weighted by molar-refractivity contribution is 7.48. The summed E-state index contributed by atoms with van der Waals surface area (Å²) in [5.74, 6) is -0.866. The van der Waals surface area contributed by atoms with Gasteiger partial charge in [0.2, 0.25) is 0 Å². The lowest BCUT2D eigenvalue weighted by Crippen LogP contribution is -2.32. The van der Waals surface area contributed by atoms with Crippen molar-refractivity contribution in [2.45, 2.75) is 12.5 Å². The van der Waals surface area contributed by atoms with Gasteiger partial charge >= 0.3 is 13.8 Å². The van der Waals surface area contributed by atoms with Crippen LogP contribution < -0.4 is 20.5 Å². The fourth-order valence-corrected chi connectivity index (χ4v) is 2.65. The average molecular weight is 352 g/mol. The number of nitrogens with two attached hydrogens (primary N) is 2. The standard InChI is InChI=1S/C15H17N2O6P/c16-11-3-7-13(8-4-11)23-24(20,21)22-12-5-1-10(2-6-12)9-14(17)15(18)19/h1-8,14H,9,16-17H2,(H,18,19)(H,20,21)/t14-/m0/s1. The van der Waals surface area contributed by atoms with E-state index in [4.69, 9.17) is 25.6 Å². The van der Waals surface area contributed by atoms with E-state index in [1.54, 1.807) is 12.1 Å². The Balaban J connectivity index is 2.00. The lowest BCUT2D eigenvalue weighted by Gasteiger charge is -2.14. The van der Waals surface area contributed by atoms with Crippen LogP contribution in [0, 0.1) is 0 Å². The Labute approximate surface area is 138 Å². The van der Waals surface area contributed by atoms with Gasteiger partial charge in [-0.2, -0.15) is 0 Å². The van der Waals surface area contributed by atoms with Crippen molar-refractivity contribution in [3.8, 4) is 11.5 Å². The molecule has 0 saturated heterocycles. The Kier molecular flexibility index (Phi) is 5.46. The highest BCUT2D eigenvalue weighted by Gasteiger charge is 2.25. The predicted octanol–water partition coefficient (Wildman–Crippen LogP) is 1.78. The van der Waals surface area contributed by atoms with Crippen molar-refractivity contribution in [1.29, 1.82) is 0 Å². The quantitative estimate of drug-likeness (QED) is 0.436. The van der Waals surface area contributed by atoms with Crippen LogP contribution in [0.5, 0.6) is 11.5 Å². The van der Waals surface area contributed by atoms with Crippen LogP contribution in [0.25, 0.3) is 0 Å². The molecular formula is C15H17N2O6P. The lowest BCUT2D eigenvalue weighted by molar-refractivity contribution is -0.138. The Hall–Kier alpha value is -2.54. The summed E-state index contributed by atoms with van der Waals surface area (Å²) in [7, 11) is -4.37. The van der Waals surface area contributed by atoms with Crippen LogP contribution in [0.4, 0.5) is 5.69 Å². The number of anilines is 1. The number of phosphoric acid groups is 1. The molecule has 0 aromatic heterocycles. The molecule has 0 aliphatic heterocycles. The van der Waals surface area contributed by atoms with Gasteiger partial charge in [0.15, 0.2) is 0 Å². The van der Waals surface area contributed by atoms with Gasteiger partial charge in [-0.3, -0.25) is 9.69 Å². The third-order valence-corrected chi connectivity index (χ3v) is 3.90. The fraction of sp³-hybridized carbons (Fsp3) is 0.133. The molecule has 0 radical (unpaired) electrons. The number of carboxylic acids is 1. The first-order valence-electron chi connectivity index (χ1n) is 6.90. The highest BCUT2D eigenvalue weighted by Crippen LogP contribution is 2.44. The number of aliphatic carboxylic acids is 1. The molecule has 128 valence electrons. The fourth-order valence-electron chi connectivity index (χ4n) is 1.84. The molecule has 2 aromatic carbocycles. The number of phosphoric ester groups is 1. The van der Waals surface area contributed by atoms with E-state index in [1.807, 2.05) is 0 Å². The number of rotatable bonds is 7. The second-order valence-corrected chi connectivity index (χ2v) is 6.32. The van der Waals surface area contributed by atoms with E-state index in [0.717, 1.165) is 0 Å². The summed E-state index contributed by atoms with van der Waals surface area (Å²) < 4.78 is 21.8. The van der Waals surface area contributed by atoms with Crippen molar-refractivity contribution >= 4 is 19.5 Å². The number of hydrogen-bond acceptors (Lipinski definition) is 6. The second kappa shape index (κ2) is 7.35. The van der Waals surface area contributed by atoms with Gasteiger partial charge in [-0.05, 0) is 48.4 Å². The first kappa shape index (κ1) is 17.8. The summed E-state index contributed by atoms with van der Waals surface area (Å²) in [5, 5.41) is 8.76. The molecule has 1 unspecified atom stereocenters. The smallest absolute Gasteiger partial charge is 0.480 e. The minimum atomic E-state index is -4.37. The monoisotopic (exact) mass is 352 g/mol. The van der Waals surface area contributed by atoms with Gasteiger partial charge in [0, 0.05) is 5.69 Å². The van der Waals surface area contributed by atoms with Crippen molar-refractivity contribution in [2.75, 3.05) is 5.73 Å². The molecule has 0 saturated carbocycles. The van der Waals surface area contributed by atoms with Gasteiger partial charge in [-0.1, -0.05) is 12.1 Å². The van der Waals surface area contributed by atoms with E-state index < -0.39 is 19.8 Å². The summed E-state index contributed by atoms with van der Waals surface area (Å²) in [4.78, 5) is 20.5. The molecule has 0 aliphatic rings. The predicted molar refractivity (Wildman–Crippen MR) is 87.7 cm³/mol. The van der Waals surface area contributed by atoms with Gasteiger partial charge in [-0.15, -0.1) is 0 Å². The Morgan fingerprint density at radius 1 is 1.04 bits per heavy atom. The van der Waals surface area contributed by atoms with Crippen molar-refractivity contribution in [3.63, 3.8) is 0 Å². The van der Waals surface area contributed by atoms with Gasteiger partial charge in [0.25, 0.3) is 0 Å². The van der Waals surface area contributed by atoms with E-state index in [0.29, 0.717) is 11.3 Å². The zero-order valence-corrected chi connectivity index (χ0v) is 13.4. The molecule has 2 aromatic rings. The van der Waals surface area contributed by atoms with Crippen LogP contribution in [0.2, 0.25) is 0 Å². The average Bonchev–Trinajstić information content (AvgIpc) is 2.51. The maximum Gasteiger partial charge on any atom is 0.584 e. The molecule has 2 rings (SSSR count). The third-order valence-electron chi connectivity index (χ3n) is 3.02. The molecule has 8 nitrogen and oxygen atoms in total. The van der Waals surface area contributed by atoms with E-state index in [1.165, 1.54) is 36.4 Å². The summed E-state index contributed by atoms with van der Waals surface area (Å²) >= 11 is 0. The van der Waals surface area contributed by atoms with Gasteiger partial charge in [0.05, 0.1) is 0 Å². The Bertz CT molecular complexity index is 748. The first-order valence-corrected chi connectivity index (χ1v) is 8.39. The van der Waals surface area contributed by atoms with E-state index in [2.05, 4.69) is 0 Å². The number of hydrogen-bond donors (Lipinski definition) is 4. The van der Waals surface area contributed by atoms with Gasteiger partial charge < -0.3 is 25.6 Å².